The van der Waals surface area contributed by atoms with E-state index in [0.717, 1.165) is 29.1 Å². The minimum atomic E-state index is -0.658. The third-order valence-electron chi connectivity index (χ3n) is 3.69. The zero-order chi connectivity index (χ0) is 14.9. The summed E-state index contributed by atoms with van der Waals surface area (Å²) in [7, 11) is 0. The number of carbonyl (C=O) groups is 1. The Hall–Kier alpha value is -1.24. The van der Waals surface area contributed by atoms with E-state index >= 15 is 0 Å². The zero-order valence-electron chi connectivity index (χ0n) is 11.9. The van der Waals surface area contributed by atoms with E-state index in [1.807, 2.05) is 23.8 Å². The van der Waals surface area contributed by atoms with Crippen LogP contribution in [-0.4, -0.2) is 39.6 Å². The molecule has 0 radical (unpaired) electrons. The van der Waals surface area contributed by atoms with Crippen LogP contribution in [0, 0.1) is 0 Å². The lowest BCUT2D eigenvalue weighted by atomic mass is 9.89. The largest absolute Gasteiger partial charge is 0.386 e. The molecule has 3 rings (SSSR count). The van der Waals surface area contributed by atoms with Crippen LogP contribution in [-0.2, 0) is 11.2 Å². The molecule has 1 fully saturated rings. The Labute approximate surface area is 132 Å². The standard InChI is InChI=1S/C15H18N2O2S2/c1-2-4-15(19)9-17(10-15)13(18)6-12-8-21-14(16-12)11-3-5-20-7-11/h3,5,7-8,19H,2,4,6,9-10H2,1H3. The number of hydrogen-bond donors (Lipinski definition) is 1. The van der Waals surface area contributed by atoms with Crippen LogP contribution in [0.4, 0.5) is 0 Å². The first-order valence-corrected chi connectivity index (χ1v) is 8.89. The molecule has 1 aliphatic heterocycles. The molecule has 21 heavy (non-hydrogen) atoms. The van der Waals surface area contributed by atoms with Gasteiger partial charge in [0.05, 0.1) is 30.8 Å². The molecule has 0 spiro atoms. The summed E-state index contributed by atoms with van der Waals surface area (Å²) in [6, 6.07) is 2.04. The number of hydrogen-bond acceptors (Lipinski definition) is 5. The molecule has 0 bridgehead atoms. The fourth-order valence-corrected chi connectivity index (χ4v) is 4.17. The highest BCUT2D eigenvalue weighted by atomic mass is 32.1. The average molecular weight is 322 g/mol. The Balaban J connectivity index is 1.57. The maximum atomic E-state index is 12.2. The molecule has 1 N–H and O–H groups in total. The lowest BCUT2D eigenvalue weighted by molar-refractivity contribution is -0.155. The third kappa shape index (κ3) is 3.17. The molecule has 0 aromatic carbocycles. The van der Waals surface area contributed by atoms with Gasteiger partial charge in [-0.05, 0) is 17.9 Å². The third-order valence-corrected chi connectivity index (χ3v) is 5.31. The first-order valence-electron chi connectivity index (χ1n) is 7.07. The Morgan fingerprint density at radius 2 is 2.29 bits per heavy atom. The van der Waals surface area contributed by atoms with Gasteiger partial charge >= 0.3 is 0 Å². The van der Waals surface area contributed by atoms with Crippen LogP contribution in [0.15, 0.2) is 22.2 Å². The van der Waals surface area contributed by atoms with Crippen molar-refractivity contribution < 1.29 is 9.90 Å². The van der Waals surface area contributed by atoms with Gasteiger partial charge in [-0.15, -0.1) is 11.3 Å². The molecule has 0 aliphatic carbocycles. The summed E-state index contributed by atoms with van der Waals surface area (Å²) in [6.45, 7) is 2.96. The lowest BCUT2D eigenvalue weighted by Crippen LogP contribution is -2.63. The van der Waals surface area contributed by atoms with Gasteiger partial charge in [-0.1, -0.05) is 13.3 Å². The maximum absolute atomic E-state index is 12.2. The monoisotopic (exact) mass is 322 g/mol. The van der Waals surface area contributed by atoms with Gasteiger partial charge in [0.2, 0.25) is 5.91 Å². The summed E-state index contributed by atoms with van der Waals surface area (Å²) in [5.41, 5.74) is 1.27. The van der Waals surface area contributed by atoms with Gasteiger partial charge in [0.25, 0.3) is 0 Å². The number of aromatic nitrogens is 1. The van der Waals surface area contributed by atoms with Crippen molar-refractivity contribution in [2.24, 2.45) is 0 Å². The molecular weight excluding hydrogens is 304 g/mol. The van der Waals surface area contributed by atoms with E-state index in [0.29, 0.717) is 19.5 Å². The van der Waals surface area contributed by atoms with Crippen molar-refractivity contribution in [1.82, 2.24) is 9.88 Å². The molecule has 6 heteroatoms. The smallest absolute Gasteiger partial charge is 0.228 e. The topological polar surface area (TPSA) is 53.4 Å². The lowest BCUT2D eigenvalue weighted by Gasteiger charge is -2.46. The van der Waals surface area contributed by atoms with Crippen LogP contribution < -0.4 is 0 Å². The van der Waals surface area contributed by atoms with E-state index in [9.17, 15) is 9.90 Å². The Bertz CT molecular complexity index is 615. The first-order chi connectivity index (χ1) is 10.1. The van der Waals surface area contributed by atoms with E-state index < -0.39 is 5.60 Å². The second-order valence-corrected chi connectivity index (χ2v) is 7.20. The van der Waals surface area contributed by atoms with Crippen LogP contribution >= 0.6 is 22.7 Å². The summed E-state index contributed by atoms with van der Waals surface area (Å²) < 4.78 is 0. The number of aliphatic hydroxyl groups is 1. The Morgan fingerprint density at radius 1 is 1.48 bits per heavy atom. The summed E-state index contributed by atoms with van der Waals surface area (Å²) in [4.78, 5) is 18.4. The summed E-state index contributed by atoms with van der Waals surface area (Å²) >= 11 is 3.21. The molecular formula is C15H18N2O2S2. The van der Waals surface area contributed by atoms with Crippen molar-refractivity contribution in [2.75, 3.05) is 13.1 Å². The molecule has 0 saturated carbocycles. The van der Waals surface area contributed by atoms with Crippen LogP contribution in [0.5, 0.6) is 0 Å². The normalized spacial score (nSPS) is 16.8. The number of thiophene rings is 1. The molecule has 1 amide bonds. The van der Waals surface area contributed by atoms with Crippen molar-refractivity contribution in [3.05, 3.63) is 27.9 Å². The second kappa shape index (κ2) is 5.87. The number of thiazole rings is 1. The SMILES string of the molecule is CCCC1(O)CN(C(=O)Cc2csc(-c3ccsc3)n2)C1. The van der Waals surface area contributed by atoms with Gasteiger partial charge in [-0.3, -0.25) is 4.79 Å². The summed E-state index contributed by atoms with van der Waals surface area (Å²) in [5.74, 6) is 0.0537. The number of β-amino-alcohol motifs (C(OH)–C–C–N with tert-alkyl or cyclic N) is 1. The van der Waals surface area contributed by atoms with Crippen molar-refractivity contribution >= 4 is 28.6 Å². The van der Waals surface area contributed by atoms with Gasteiger partial charge in [0.15, 0.2) is 0 Å². The van der Waals surface area contributed by atoms with Crippen LogP contribution in [0.1, 0.15) is 25.5 Å². The summed E-state index contributed by atoms with van der Waals surface area (Å²) in [6.07, 6.45) is 2.02. The minimum Gasteiger partial charge on any atom is -0.386 e. The highest BCUT2D eigenvalue weighted by Gasteiger charge is 2.42. The fraction of sp³-hybridized carbons (Fsp3) is 0.467. The molecule has 2 aromatic rings. The van der Waals surface area contributed by atoms with Gasteiger partial charge in [0.1, 0.15) is 5.01 Å². The number of nitrogens with zero attached hydrogens (tertiary/aromatic N) is 2. The molecule has 1 saturated heterocycles. The molecule has 3 heterocycles. The fourth-order valence-electron chi connectivity index (χ4n) is 2.64. The van der Waals surface area contributed by atoms with Crippen LogP contribution in [0.3, 0.4) is 0 Å². The highest BCUT2D eigenvalue weighted by molar-refractivity contribution is 7.14. The van der Waals surface area contributed by atoms with E-state index in [2.05, 4.69) is 10.4 Å². The van der Waals surface area contributed by atoms with Gasteiger partial charge in [-0.2, -0.15) is 11.3 Å². The second-order valence-electron chi connectivity index (χ2n) is 5.56. The van der Waals surface area contributed by atoms with Gasteiger partial charge < -0.3 is 10.0 Å². The number of carbonyl (C=O) groups excluding carboxylic acids is 1. The molecule has 0 unspecified atom stereocenters. The average Bonchev–Trinajstić information content (AvgIpc) is 3.05. The van der Waals surface area contributed by atoms with Gasteiger partial charge in [0, 0.05) is 16.3 Å². The quantitative estimate of drug-likeness (QED) is 0.921. The highest BCUT2D eigenvalue weighted by Crippen LogP contribution is 2.28. The van der Waals surface area contributed by atoms with Crippen LogP contribution in [0.2, 0.25) is 0 Å². The van der Waals surface area contributed by atoms with E-state index in [-0.39, 0.29) is 5.91 Å². The number of amides is 1. The molecule has 0 atom stereocenters. The predicted octanol–water partition coefficient (Wildman–Crippen LogP) is 2.79. The van der Waals surface area contributed by atoms with Crippen molar-refractivity contribution in [2.45, 2.75) is 31.8 Å². The molecule has 2 aromatic heterocycles. The van der Waals surface area contributed by atoms with E-state index in [1.54, 1.807) is 27.6 Å². The molecule has 4 nitrogen and oxygen atoms in total. The van der Waals surface area contributed by atoms with Crippen LogP contribution in [0.25, 0.3) is 10.6 Å². The van der Waals surface area contributed by atoms with Gasteiger partial charge in [-0.25, -0.2) is 4.98 Å². The number of likely N-dealkylation sites (tertiary alicyclic amines) is 1. The number of rotatable bonds is 5. The molecule has 1 aliphatic rings. The van der Waals surface area contributed by atoms with E-state index in [1.165, 1.54) is 0 Å². The Morgan fingerprint density at radius 3 is 2.95 bits per heavy atom. The minimum absolute atomic E-state index is 0.0537. The Kier molecular flexibility index (Phi) is 4.10. The van der Waals surface area contributed by atoms with Crippen molar-refractivity contribution in [1.29, 1.82) is 0 Å². The zero-order valence-corrected chi connectivity index (χ0v) is 13.5. The molecule has 112 valence electrons. The van der Waals surface area contributed by atoms with E-state index in [4.69, 9.17) is 0 Å². The summed E-state index contributed by atoms with van der Waals surface area (Å²) in [5, 5.41) is 17.1. The van der Waals surface area contributed by atoms with Crippen molar-refractivity contribution in [3.63, 3.8) is 0 Å². The first kappa shape index (κ1) is 14.7. The maximum Gasteiger partial charge on any atom is 0.228 e. The van der Waals surface area contributed by atoms with Crippen molar-refractivity contribution in [3.8, 4) is 10.6 Å². The predicted molar refractivity (Wildman–Crippen MR) is 85.6 cm³/mol.